The van der Waals surface area contributed by atoms with Crippen molar-refractivity contribution in [3.8, 4) is 0 Å². The predicted molar refractivity (Wildman–Crippen MR) is 97.6 cm³/mol. The highest BCUT2D eigenvalue weighted by Crippen LogP contribution is 2.34. The van der Waals surface area contributed by atoms with Gasteiger partial charge in [-0.2, -0.15) is 0 Å². The molecule has 0 bridgehead atoms. The quantitative estimate of drug-likeness (QED) is 0.848. The number of hydrogen-bond donors (Lipinski definition) is 2. The summed E-state index contributed by atoms with van der Waals surface area (Å²) < 4.78 is 0. The summed E-state index contributed by atoms with van der Waals surface area (Å²) in [5.74, 6) is -0.897. The van der Waals surface area contributed by atoms with Crippen molar-refractivity contribution < 1.29 is 15.0 Å². The number of carboxylic acids is 1. The van der Waals surface area contributed by atoms with Crippen LogP contribution in [0.3, 0.4) is 0 Å². The number of aliphatic hydroxyl groups excluding tert-OH is 1. The van der Waals surface area contributed by atoms with Gasteiger partial charge in [-0.05, 0) is 49.1 Å². The van der Waals surface area contributed by atoms with Crippen LogP contribution < -0.4 is 0 Å². The van der Waals surface area contributed by atoms with Crippen molar-refractivity contribution in [2.75, 3.05) is 19.7 Å². The van der Waals surface area contributed by atoms with Crippen LogP contribution in [0.1, 0.15) is 34.3 Å². The van der Waals surface area contributed by atoms with Crippen LogP contribution in [0, 0.1) is 5.41 Å². The number of aromatic carboxylic acids is 1. The molecule has 0 radical (unpaired) electrons. The SMILES string of the molecule is O=C(O)c1ccc(CN2CCCC(CO)(Cc3ccccc3)C2)cc1. The van der Waals surface area contributed by atoms with Crippen LogP contribution >= 0.6 is 0 Å². The molecule has 1 aliphatic rings. The zero-order valence-corrected chi connectivity index (χ0v) is 14.4. The second-order valence-electron chi connectivity index (χ2n) is 7.14. The van der Waals surface area contributed by atoms with Crippen LogP contribution in [0.25, 0.3) is 0 Å². The molecule has 2 aromatic carbocycles. The van der Waals surface area contributed by atoms with E-state index in [-0.39, 0.29) is 12.0 Å². The number of carboxylic acid groups (broad SMARTS) is 1. The second-order valence-corrected chi connectivity index (χ2v) is 7.14. The molecule has 0 spiro atoms. The van der Waals surface area contributed by atoms with Gasteiger partial charge in [-0.15, -0.1) is 0 Å². The first-order valence-corrected chi connectivity index (χ1v) is 8.80. The van der Waals surface area contributed by atoms with Crippen LogP contribution in [-0.4, -0.2) is 40.8 Å². The Morgan fingerprint density at radius 3 is 2.40 bits per heavy atom. The predicted octanol–water partition coefficient (Wildman–Crippen LogP) is 3.20. The standard InChI is InChI=1S/C21H25NO3/c23-16-21(13-17-5-2-1-3-6-17)11-4-12-22(15-21)14-18-7-9-19(10-8-18)20(24)25/h1-3,5-10,23H,4,11-16H2,(H,24,25). The molecule has 1 aliphatic heterocycles. The van der Waals surface area contributed by atoms with Gasteiger partial charge in [0.1, 0.15) is 0 Å². The summed E-state index contributed by atoms with van der Waals surface area (Å²) in [7, 11) is 0. The minimum Gasteiger partial charge on any atom is -0.478 e. The molecule has 1 unspecified atom stereocenters. The average molecular weight is 339 g/mol. The largest absolute Gasteiger partial charge is 0.478 e. The first kappa shape index (κ1) is 17.6. The van der Waals surface area contributed by atoms with E-state index in [0.29, 0.717) is 5.56 Å². The van der Waals surface area contributed by atoms with E-state index in [1.807, 2.05) is 30.3 Å². The van der Waals surface area contributed by atoms with Crippen molar-refractivity contribution in [1.29, 1.82) is 0 Å². The number of rotatable bonds is 6. The molecule has 4 heteroatoms. The Balaban J connectivity index is 1.67. The van der Waals surface area contributed by atoms with E-state index in [1.54, 1.807) is 12.1 Å². The minimum absolute atomic E-state index is 0.0966. The van der Waals surface area contributed by atoms with Gasteiger partial charge in [0.25, 0.3) is 0 Å². The summed E-state index contributed by atoms with van der Waals surface area (Å²) in [6.45, 7) is 2.85. The fourth-order valence-corrected chi connectivity index (χ4v) is 3.81. The molecule has 0 aliphatic carbocycles. The highest BCUT2D eigenvalue weighted by molar-refractivity contribution is 5.87. The van der Waals surface area contributed by atoms with Crippen molar-refractivity contribution >= 4 is 5.97 Å². The summed E-state index contributed by atoms with van der Waals surface area (Å²) >= 11 is 0. The van der Waals surface area contributed by atoms with E-state index in [1.165, 1.54) is 5.56 Å². The third-order valence-electron chi connectivity index (χ3n) is 5.10. The smallest absolute Gasteiger partial charge is 0.335 e. The van der Waals surface area contributed by atoms with Crippen molar-refractivity contribution in [3.05, 3.63) is 71.3 Å². The lowest BCUT2D eigenvalue weighted by molar-refractivity contribution is 0.0288. The van der Waals surface area contributed by atoms with Gasteiger partial charge in [0.15, 0.2) is 0 Å². The maximum absolute atomic E-state index is 11.0. The van der Waals surface area contributed by atoms with Crippen LogP contribution in [-0.2, 0) is 13.0 Å². The van der Waals surface area contributed by atoms with Crippen LogP contribution in [0.15, 0.2) is 54.6 Å². The van der Waals surface area contributed by atoms with Gasteiger partial charge in [0.05, 0.1) is 12.2 Å². The van der Waals surface area contributed by atoms with Crippen molar-refractivity contribution in [2.45, 2.75) is 25.8 Å². The number of likely N-dealkylation sites (tertiary alicyclic amines) is 1. The molecule has 132 valence electrons. The van der Waals surface area contributed by atoms with E-state index in [4.69, 9.17) is 5.11 Å². The van der Waals surface area contributed by atoms with Gasteiger partial charge in [0, 0.05) is 18.5 Å². The minimum atomic E-state index is -0.897. The Hall–Kier alpha value is -2.17. The number of benzene rings is 2. The zero-order valence-electron chi connectivity index (χ0n) is 14.4. The monoisotopic (exact) mass is 339 g/mol. The van der Waals surface area contributed by atoms with E-state index >= 15 is 0 Å². The van der Waals surface area contributed by atoms with Crippen LogP contribution in [0.2, 0.25) is 0 Å². The molecule has 2 aromatic rings. The lowest BCUT2D eigenvalue weighted by Gasteiger charge is -2.42. The van der Waals surface area contributed by atoms with Gasteiger partial charge in [-0.25, -0.2) is 4.79 Å². The van der Waals surface area contributed by atoms with Gasteiger partial charge in [-0.1, -0.05) is 42.5 Å². The molecular weight excluding hydrogens is 314 g/mol. The Labute approximate surface area is 148 Å². The molecule has 0 aromatic heterocycles. The molecule has 0 amide bonds. The van der Waals surface area contributed by atoms with Crippen molar-refractivity contribution in [2.24, 2.45) is 5.41 Å². The molecule has 1 atom stereocenters. The highest BCUT2D eigenvalue weighted by atomic mass is 16.4. The third kappa shape index (κ3) is 4.47. The summed E-state index contributed by atoms with van der Waals surface area (Å²) in [5, 5.41) is 19.1. The number of aliphatic hydroxyl groups is 1. The Kier molecular flexibility index (Phi) is 5.51. The molecular formula is C21H25NO3. The Morgan fingerprint density at radius 2 is 1.76 bits per heavy atom. The second kappa shape index (κ2) is 7.81. The fourth-order valence-electron chi connectivity index (χ4n) is 3.81. The van der Waals surface area contributed by atoms with E-state index in [0.717, 1.165) is 44.5 Å². The maximum atomic E-state index is 11.0. The van der Waals surface area contributed by atoms with Gasteiger partial charge in [0.2, 0.25) is 0 Å². The van der Waals surface area contributed by atoms with E-state index < -0.39 is 5.97 Å². The average Bonchev–Trinajstić information content (AvgIpc) is 2.63. The highest BCUT2D eigenvalue weighted by Gasteiger charge is 2.35. The Morgan fingerprint density at radius 1 is 1.04 bits per heavy atom. The molecule has 1 heterocycles. The summed E-state index contributed by atoms with van der Waals surface area (Å²) in [5.41, 5.74) is 2.60. The summed E-state index contributed by atoms with van der Waals surface area (Å²) in [4.78, 5) is 13.3. The normalized spacial score (nSPS) is 21.2. The molecule has 0 saturated carbocycles. The summed E-state index contributed by atoms with van der Waals surface area (Å²) in [6.07, 6.45) is 2.99. The van der Waals surface area contributed by atoms with Crippen LogP contribution in [0.5, 0.6) is 0 Å². The fraction of sp³-hybridized carbons (Fsp3) is 0.381. The maximum Gasteiger partial charge on any atom is 0.335 e. The molecule has 4 nitrogen and oxygen atoms in total. The molecule has 25 heavy (non-hydrogen) atoms. The van der Waals surface area contributed by atoms with Crippen molar-refractivity contribution in [3.63, 3.8) is 0 Å². The van der Waals surface area contributed by atoms with Crippen molar-refractivity contribution in [1.82, 2.24) is 4.90 Å². The lowest BCUT2D eigenvalue weighted by Crippen LogP contribution is -2.46. The first-order chi connectivity index (χ1) is 12.1. The van der Waals surface area contributed by atoms with Crippen LogP contribution in [0.4, 0.5) is 0 Å². The molecule has 3 rings (SSSR count). The first-order valence-electron chi connectivity index (χ1n) is 8.80. The molecule has 2 N–H and O–H groups in total. The van der Waals surface area contributed by atoms with E-state index in [2.05, 4.69) is 17.0 Å². The summed E-state index contributed by atoms with van der Waals surface area (Å²) in [6, 6.07) is 17.4. The number of hydrogen-bond acceptors (Lipinski definition) is 3. The molecule has 1 saturated heterocycles. The molecule has 1 fully saturated rings. The topological polar surface area (TPSA) is 60.8 Å². The third-order valence-corrected chi connectivity index (χ3v) is 5.10. The number of carbonyl (C=O) groups is 1. The Bertz CT molecular complexity index is 699. The number of piperidine rings is 1. The van der Waals surface area contributed by atoms with E-state index in [9.17, 15) is 9.90 Å². The van der Waals surface area contributed by atoms with Gasteiger partial charge < -0.3 is 10.2 Å². The lowest BCUT2D eigenvalue weighted by atomic mass is 9.75. The van der Waals surface area contributed by atoms with Gasteiger partial charge in [-0.3, -0.25) is 4.90 Å². The van der Waals surface area contributed by atoms with Gasteiger partial charge >= 0.3 is 5.97 Å². The number of nitrogens with zero attached hydrogens (tertiary/aromatic N) is 1. The zero-order chi connectivity index (χ0) is 17.7.